The van der Waals surface area contributed by atoms with Crippen LogP contribution in [0.1, 0.15) is 25.7 Å². The molecular weight excluding hydrogens is 265 g/mol. The Labute approximate surface area is 85.9 Å². The van der Waals surface area contributed by atoms with Gasteiger partial charge in [0.25, 0.3) is 0 Å². The van der Waals surface area contributed by atoms with Crippen LogP contribution in [0.3, 0.4) is 0 Å². The van der Waals surface area contributed by atoms with Gasteiger partial charge in [-0.15, -0.1) is 0 Å². The summed E-state index contributed by atoms with van der Waals surface area (Å²) in [5.41, 5.74) is 2.69. The summed E-state index contributed by atoms with van der Waals surface area (Å²) in [5, 5.41) is 12.5. The smallest absolute Gasteiger partial charge is 0.144 e. The lowest BCUT2D eigenvalue weighted by molar-refractivity contribution is 0.191. The minimum absolute atomic E-state index is 0.464. The van der Waals surface area contributed by atoms with E-state index < -0.39 is 6.23 Å². The molecule has 3 heteroatoms. The number of dihydropyridines is 1. The summed E-state index contributed by atoms with van der Waals surface area (Å²) < 4.78 is 1.23. The number of hydrogen-bond acceptors (Lipinski definition) is 2. The molecule has 2 rings (SSSR count). The van der Waals surface area contributed by atoms with Crippen molar-refractivity contribution >= 4 is 22.6 Å². The molecule has 0 aromatic rings. The molecule has 0 aromatic heterocycles. The number of aliphatic hydroxyl groups excluding tert-OH is 1. The normalized spacial score (nSPS) is 29.2. The Balaban J connectivity index is 2.29. The van der Waals surface area contributed by atoms with Crippen molar-refractivity contribution in [1.82, 2.24) is 5.32 Å². The van der Waals surface area contributed by atoms with Crippen molar-refractivity contribution in [3.05, 3.63) is 20.9 Å². The van der Waals surface area contributed by atoms with Crippen molar-refractivity contribution in [2.75, 3.05) is 0 Å². The molecule has 0 amide bonds. The van der Waals surface area contributed by atoms with Crippen molar-refractivity contribution in [3.63, 3.8) is 0 Å². The van der Waals surface area contributed by atoms with Crippen LogP contribution in [0, 0.1) is 0 Å². The number of nitrogens with one attached hydrogen (secondary N) is 1. The van der Waals surface area contributed by atoms with Gasteiger partial charge in [0, 0.05) is 9.28 Å². The van der Waals surface area contributed by atoms with Crippen molar-refractivity contribution in [1.29, 1.82) is 0 Å². The van der Waals surface area contributed by atoms with Gasteiger partial charge in [-0.25, -0.2) is 0 Å². The predicted octanol–water partition coefficient (Wildman–Crippen LogP) is 2.05. The maximum atomic E-state index is 9.39. The lowest BCUT2D eigenvalue weighted by atomic mass is 9.94. The van der Waals surface area contributed by atoms with Gasteiger partial charge in [0.15, 0.2) is 0 Å². The molecular formula is C9H12INO. The topological polar surface area (TPSA) is 32.3 Å². The van der Waals surface area contributed by atoms with Gasteiger partial charge in [-0.05, 0) is 59.9 Å². The second-order valence-corrected chi connectivity index (χ2v) is 4.43. The molecule has 12 heavy (non-hydrogen) atoms. The highest BCUT2D eigenvalue weighted by atomic mass is 127. The molecule has 66 valence electrons. The molecule has 0 radical (unpaired) electrons. The molecule has 2 N–H and O–H groups in total. The quantitative estimate of drug-likeness (QED) is 0.664. The third-order valence-electron chi connectivity index (χ3n) is 2.38. The van der Waals surface area contributed by atoms with Gasteiger partial charge in [0.1, 0.15) is 6.23 Å². The lowest BCUT2D eigenvalue weighted by Crippen LogP contribution is -2.31. The summed E-state index contributed by atoms with van der Waals surface area (Å²) in [6.07, 6.45) is 6.23. The van der Waals surface area contributed by atoms with E-state index in [0.29, 0.717) is 0 Å². The van der Waals surface area contributed by atoms with E-state index in [4.69, 9.17) is 0 Å². The van der Waals surface area contributed by atoms with Gasteiger partial charge < -0.3 is 10.4 Å². The first-order valence-electron chi connectivity index (χ1n) is 4.31. The number of hydrogen-bond donors (Lipinski definition) is 2. The Morgan fingerprint density at radius 2 is 2.17 bits per heavy atom. The van der Waals surface area contributed by atoms with Crippen LogP contribution in [-0.2, 0) is 0 Å². The molecule has 0 aromatic carbocycles. The summed E-state index contributed by atoms with van der Waals surface area (Å²) >= 11 is 2.31. The van der Waals surface area contributed by atoms with Crippen LogP contribution < -0.4 is 5.32 Å². The summed E-state index contributed by atoms with van der Waals surface area (Å²) in [7, 11) is 0. The highest BCUT2D eigenvalue weighted by Gasteiger charge is 2.20. The second kappa shape index (κ2) is 3.38. The SMILES string of the molecule is OC1C=C(I)C2=C(CCCC2)N1. The van der Waals surface area contributed by atoms with Gasteiger partial charge in [-0.3, -0.25) is 0 Å². The Hall–Kier alpha value is -0.0300. The average Bonchev–Trinajstić information content (AvgIpc) is 2.04. The van der Waals surface area contributed by atoms with Crippen molar-refractivity contribution in [2.24, 2.45) is 0 Å². The fourth-order valence-corrected chi connectivity index (χ4v) is 2.72. The summed E-state index contributed by atoms with van der Waals surface area (Å²) in [4.78, 5) is 0. The lowest BCUT2D eigenvalue weighted by Gasteiger charge is -2.27. The molecule has 1 heterocycles. The maximum absolute atomic E-state index is 9.39. The number of rotatable bonds is 0. The van der Waals surface area contributed by atoms with E-state index in [1.54, 1.807) is 0 Å². The molecule has 2 aliphatic rings. The van der Waals surface area contributed by atoms with Gasteiger partial charge in [0.05, 0.1) is 0 Å². The predicted molar refractivity (Wildman–Crippen MR) is 56.7 cm³/mol. The second-order valence-electron chi connectivity index (χ2n) is 3.27. The Morgan fingerprint density at radius 1 is 1.42 bits per heavy atom. The van der Waals surface area contributed by atoms with E-state index in [9.17, 15) is 5.11 Å². The maximum Gasteiger partial charge on any atom is 0.144 e. The minimum atomic E-state index is -0.464. The average molecular weight is 277 g/mol. The van der Waals surface area contributed by atoms with Crippen LogP contribution in [0.25, 0.3) is 0 Å². The van der Waals surface area contributed by atoms with Gasteiger partial charge in [-0.2, -0.15) is 0 Å². The Bertz CT molecular complexity index is 257. The largest absolute Gasteiger partial charge is 0.370 e. The third kappa shape index (κ3) is 1.52. The highest BCUT2D eigenvalue weighted by Crippen LogP contribution is 2.34. The van der Waals surface area contributed by atoms with Gasteiger partial charge in [0.2, 0.25) is 0 Å². The summed E-state index contributed by atoms with van der Waals surface area (Å²) in [6.45, 7) is 0. The molecule has 1 atom stereocenters. The molecule has 0 saturated carbocycles. The molecule has 1 unspecified atom stereocenters. The summed E-state index contributed by atoms with van der Waals surface area (Å²) in [5.74, 6) is 0. The zero-order chi connectivity index (χ0) is 8.55. The monoisotopic (exact) mass is 277 g/mol. The van der Waals surface area contributed by atoms with Crippen LogP contribution >= 0.6 is 22.6 Å². The van der Waals surface area contributed by atoms with E-state index in [2.05, 4.69) is 27.9 Å². The minimum Gasteiger partial charge on any atom is -0.370 e. The van der Waals surface area contributed by atoms with E-state index in [0.717, 1.165) is 6.42 Å². The first-order chi connectivity index (χ1) is 5.77. The van der Waals surface area contributed by atoms with Gasteiger partial charge >= 0.3 is 0 Å². The highest BCUT2D eigenvalue weighted by molar-refractivity contribution is 14.1. The number of allylic oxidation sites excluding steroid dienone is 3. The molecule has 2 nitrogen and oxygen atoms in total. The first-order valence-corrected chi connectivity index (χ1v) is 5.39. The fourth-order valence-electron chi connectivity index (χ4n) is 1.79. The van der Waals surface area contributed by atoms with E-state index in [1.807, 2.05) is 6.08 Å². The van der Waals surface area contributed by atoms with E-state index >= 15 is 0 Å². The molecule has 1 aliphatic carbocycles. The third-order valence-corrected chi connectivity index (χ3v) is 3.39. The number of halogens is 1. The summed E-state index contributed by atoms with van der Waals surface area (Å²) in [6, 6.07) is 0. The van der Waals surface area contributed by atoms with Crippen molar-refractivity contribution in [3.8, 4) is 0 Å². The fraction of sp³-hybridized carbons (Fsp3) is 0.556. The van der Waals surface area contributed by atoms with Crippen LogP contribution in [-0.4, -0.2) is 11.3 Å². The van der Waals surface area contributed by atoms with Crippen LogP contribution in [0.4, 0.5) is 0 Å². The first kappa shape index (κ1) is 8.56. The van der Waals surface area contributed by atoms with Crippen molar-refractivity contribution in [2.45, 2.75) is 31.9 Å². The molecule has 0 bridgehead atoms. The van der Waals surface area contributed by atoms with Crippen LogP contribution in [0.15, 0.2) is 20.9 Å². The standard InChI is InChI=1S/C9H12INO/c10-7-5-9(12)11-8-4-2-1-3-6(7)8/h5,9,11-12H,1-4H2. The zero-order valence-electron chi connectivity index (χ0n) is 6.81. The van der Waals surface area contributed by atoms with E-state index in [1.165, 1.54) is 34.1 Å². The molecule has 0 spiro atoms. The van der Waals surface area contributed by atoms with Gasteiger partial charge in [-0.1, -0.05) is 0 Å². The Kier molecular flexibility index (Phi) is 2.41. The Morgan fingerprint density at radius 3 is 3.00 bits per heavy atom. The number of aliphatic hydroxyl groups is 1. The molecule has 0 saturated heterocycles. The van der Waals surface area contributed by atoms with E-state index in [-0.39, 0.29) is 0 Å². The molecule has 0 fully saturated rings. The zero-order valence-corrected chi connectivity index (χ0v) is 8.97. The van der Waals surface area contributed by atoms with Crippen LogP contribution in [0.2, 0.25) is 0 Å². The molecule has 1 aliphatic heterocycles. The van der Waals surface area contributed by atoms with Crippen molar-refractivity contribution < 1.29 is 5.11 Å². The van der Waals surface area contributed by atoms with Crippen LogP contribution in [0.5, 0.6) is 0 Å².